The van der Waals surface area contributed by atoms with Gasteiger partial charge >= 0.3 is 0 Å². The smallest absolute Gasteiger partial charge is 0.0416 e. The van der Waals surface area contributed by atoms with E-state index in [1.807, 2.05) is 31.4 Å². The number of pyridine rings is 1. The van der Waals surface area contributed by atoms with Crippen molar-refractivity contribution in [1.29, 1.82) is 0 Å². The Balaban J connectivity index is 0.000000561. The van der Waals surface area contributed by atoms with Gasteiger partial charge in [-0.15, -0.1) is 13.2 Å². The largest absolute Gasteiger partial charge is 0.319 e. The molecule has 0 spiro atoms. The minimum absolute atomic E-state index is 0.997. The van der Waals surface area contributed by atoms with E-state index in [1.54, 1.807) is 0 Å². The van der Waals surface area contributed by atoms with E-state index in [0.717, 1.165) is 18.7 Å². The zero-order valence-electron chi connectivity index (χ0n) is 7.59. The van der Waals surface area contributed by atoms with Crippen molar-refractivity contribution in [3.05, 3.63) is 43.2 Å². The first-order valence-electron chi connectivity index (χ1n) is 3.98. The van der Waals surface area contributed by atoms with Crippen molar-refractivity contribution in [2.24, 2.45) is 0 Å². The van der Waals surface area contributed by atoms with E-state index < -0.39 is 0 Å². The van der Waals surface area contributed by atoms with E-state index in [1.165, 1.54) is 0 Å². The third kappa shape index (κ3) is 4.63. The number of nitrogens with zero attached hydrogens (tertiary/aromatic N) is 1. The molecule has 2 nitrogen and oxygen atoms in total. The summed E-state index contributed by atoms with van der Waals surface area (Å²) in [5, 5.41) is 3.08. The lowest BCUT2D eigenvalue weighted by Gasteiger charge is -1.96. The van der Waals surface area contributed by atoms with Crippen molar-refractivity contribution in [2.75, 3.05) is 13.6 Å². The van der Waals surface area contributed by atoms with Crippen LogP contribution in [0.25, 0.3) is 0 Å². The van der Waals surface area contributed by atoms with Crippen LogP contribution in [-0.2, 0) is 6.42 Å². The van der Waals surface area contributed by atoms with Crippen molar-refractivity contribution in [3.8, 4) is 0 Å². The van der Waals surface area contributed by atoms with E-state index in [-0.39, 0.29) is 0 Å². The Morgan fingerprint density at radius 2 is 2.17 bits per heavy atom. The van der Waals surface area contributed by atoms with Crippen molar-refractivity contribution in [3.63, 3.8) is 0 Å². The molecule has 1 aromatic rings. The number of hydrogen-bond acceptors (Lipinski definition) is 2. The molecule has 0 aliphatic rings. The first-order chi connectivity index (χ1) is 5.93. The zero-order chi connectivity index (χ0) is 9.23. The van der Waals surface area contributed by atoms with Gasteiger partial charge in [0.05, 0.1) is 0 Å². The van der Waals surface area contributed by atoms with Gasteiger partial charge in [0.25, 0.3) is 0 Å². The number of likely N-dealkylation sites (N-methyl/N-ethyl adjacent to an activating group) is 1. The molecule has 0 atom stereocenters. The maximum Gasteiger partial charge on any atom is 0.0416 e. The van der Waals surface area contributed by atoms with Crippen LogP contribution in [0.2, 0.25) is 0 Å². The molecule has 0 fully saturated rings. The van der Waals surface area contributed by atoms with Crippen LogP contribution in [0.15, 0.2) is 37.6 Å². The molecule has 1 aromatic heterocycles. The summed E-state index contributed by atoms with van der Waals surface area (Å²) >= 11 is 0. The van der Waals surface area contributed by atoms with E-state index in [2.05, 4.69) is 23.5 Å². The van der Waals surface area contributed by atoms with E-state index in [0.29, 0.717) is 0 Å². The molecular formula is C10H16N2. The van der Waals surface area contributed by atoms with Crippen LogP contribution in [0.1, 0.15) is 5.69 Å². The fourth-order valence-electron chi connectivity index (χ4n) is 0.799. The Bertz CT molecular complexity index is 184. The second kappa shape index (κ2) is 7.95. The molecule has 0 aliphatic carbocycles. The molecule has 0 aromatic carbocycles. The molecule has 0 unspecified atom stereocenters. The van der Waals surface area contributed by atoms with Gasteiger partial charge in [0, 0.05) is 24.9 Å². The average molecular weight is 164 g/mol. The zero-order valence-corrected chi connectivity index (χ0v) is 7.59. The molecule has 12 heavy (non-hydrogen) atoms. The van der Waals surface area contributed by atoms with Gasteiger partial charge in [0.15, 0.2) is 0 Å². The standard InChI is InChI=1S/C8H12N2.C2H4/c1-9-7-5-8-4-2-3-6-10-8;1-2/h2-4,6,9H,5,7H2,1H3;1-2H2. The molecule has 0 bridgehead atoms. The molecule has 0 saturated carbocycles. The maximum absolute atomic E-state index is 4.18. The second-order valence-electron chi connectivity index (χ2n) is 2.17. The molecule has 1 rings (SSSR count). The normalized spacial score (nSPS) is 8.42. The highest BCUT2D eigenvalue weighted by Crippen LogP contribution is 1.92. The van der Waals surface area contributed by atoms with Crippen LogP contribution in [0, 0.1) is 0 Å². The van der Waals surface area contributed by atoms with Crippen LogP contribution < -0.4 is 5.32 Å². The maximum atomic E-state index is 4.18. The molecule has 0 radical (unpaired) electrons. The van der Waals surface area contributed by atoms with Crippen LogP contribution in [0.3, 0.4) is 0 Å². The lowest BCUT2D eigenvalue weighted by Crippen LogP contribution is -2.10. The van der Waals surface area contributed by atoms with Crippen LogP contribution in [0.5, 0.6) is 0 Å². The number of rotatable bonds is 3. The number of nitrogens with one attached hydrogen (secondary N) is 1. The summed E-state index contributed by atoms with van der Waals surface area (Å²) < 4.78 is 0. The molecule has 0 saturated heterocycles. The first kappa shape index (κ1) is 10.8. The quantitative estimate of drug-likeness (QED) is 0.687. The third-order valence-electron chi connectivity index (χ3n) is 1.36. The second-order valence-corrected chi connectivity index (χ2v) is 2.17. The van der Waals surface area contributed by atoms with Gasteiger partial charge in [-0.05, 0) is 19.2 Å². The SMILES string of the molecule is C=C.CNCCc1ccccn1. The summed E-state index contributed by atoms with van der Waals surface area (Å²) in [6, 6.07) is 5.98. The highest BCUT2D eigenvalue weighted by atomic mass is 14.8. The summed E-state index contributed by atoms with van der Waals surface area (Å²) in [6.07, 6.45) is 2.84. The summed E-state index contributed by atoms with van der Waals surface area (Å²) in [5.74, 6) is 0. The Kier molecular flexibility index (Phi) is 7.19. The lowest BCUT2D eigenvalue weighted by molar-refractivity contribution is 0.776. The summed E-state index contributed by atoms with van der Waals surface area (Å²) in [7, 11) is 1.95. The summed E-state index contributed by atoms with van der Waals surface area (Å²) in [4.78, 5) is 4.18. The molecule has 2 heteroatoms. The van der Waals surface area contributed by atoms with Crippen molar-refractivity contribution in [1.82, 2.24) is 10.3 Å². The minimum Gasteiger partial charge on any atom is -0.319 e. The molecule has 0 aliphatic heterocycles. The first-order valence-corrected chi connectivity index (χ1v) is 3.98. The fourth-order valence-corrected chi connectivity index (χ4v) is 0.799. The van der Waals surface area contributed by atoms with Gasteiger partial charge in [-0.25, -0.2) is 0 Å². The van der Waals surface area contributed by atoms with Crippen molar-refractivity contribution >= 4 is 0 Å². The summed E-state index contributed by atoms with van der Waals surface area (Å²) in [5.41, 5.74) is 1.15. The number of hydrogen-bond donors (Lipinski definition) is 1. The van der Waals surface area contributed by atoms with E-state index in [4.69, 9.17) is 0 Å². The highest BCUT2D eigenvalue weighted by molar-refractivity contribution is 5.03. The molecule has 1 heterocycles. The lowest BCUT2D eigenvalue weighted by atomic mass is 10.3. The predicted octanol–water partition coefficient (Wildman–Crippen LogP) is 1.65. The van der Waals surface area contributed by atoms with Gasteiger partial charge in [0.1, 0.15) is 0 Å². The van der Waals surface area contributed by atoms with Gasteiger partial charge in [-0.3, -0.25) is 4.98 Å². The Hall–Kier alpha value is -1.15. The van der Waals surface area contributed by atoms with Crippen molar-refractivity contribution < 1.29 is 0 Å². The Labute approximate surface area is 74.3 Å². The Morgan fingerprint density at radius 1 is 1.42 bits per heavy atom. The Morgan fingerprint density at radius 3 is 2.67 bits per heavy atom. The fraction of sp³-hybridized carbons (Fsp3) is 0.300. The average Bonchev–Trinajstić information content (AvgIpc) is 2.19. The highest BCUT2D eigenvalue weighted by Gasteiger charge is 1.88. The van der Waals surface area contributed by atoms with Crippen LogP contribution in [-0.4, -0.2) is 18.6 Å². The number of aromatic nitrogens is 1. The molecule has 0 amide bonds. The van der Waals surface area contributed by atoms with E-state index in [9.17, 15) is 0 Å². The monoisotopic (exact) mass is 164 g/mol. The third-order valence-corrected chi connectivity index (χ3v) is 1.36. The predicted molar refractivity (Wildman–Crippen MR) is 53.1 cm³/mol. The molecule has 66 valence electrons. The van der Waals surface area contributed by atoms with Gasteiger partial charge in [-0.1, -0.05) is 6.07 Å². The molecule has 1 N–H and O–H groups in total. The van der Waals surface area contributed by atoms with E-state index >= 15 is 0 Å². The minimum atomic E-state index is 0.997. The topological polar surface area (TPSA) is 24.9 Å². The van der Waals surface area contributed by atoms with Crippen LogP contribution >= 0.6 is 0 Å². The van der Waals surface area contributed by atoms with Gasteiger partial charge in [-0.2, -0.15) is 0 Å². The van der Waals surface area contributed by atoms with Gasteiger partial charge < -0.3 is 5.32 Å². The van der Waals surface area contributed by atoms with Crippen LogP contribution in [0.4, 0.5) is 0 Å². The van der Waals surface area contributed by atoms with Crippen molar-refractivity contribution in [2.45, 2.75) is 6.42 Å². The van der Waals surface area contributed by atoms with Gasteiger partial charge in [0.2, 0.25) is 0 Å². The summed E-state index contributed by atoms with van der Waals surface area (Å²) in [6.45, 7) is 7.00. The molecular weight excluding hydrogens is 148 g/mol.